The zero-order valence-electron chi connectivity index (χ0n) is 10.6. The second-order valence-corrected chi connectivity index (χ2v) is 8.97. The predicted molar refractivity (Wildman–Crippen MR) is 76.3 cm³/mol. The van der Waals surface area contributed by atoms with Crippen LogP contribution in [0.5, 0.6) is 0 Å². The second-order valence-electron chi connectivity index (χ2n) is 4.57. The summed E-state index contributed by atoms with van der Waals surface area (Å²) < 4.78 is 47.9. The van der Waals surface area contributed by atoms with Crippen LogP contribution in [0, 0.1) is 5.92 Å². The van der Waals surface area contributed by atoms with E-state index in [1.54, 1.807) is 0 Å². The molecule has 0 aromatic heterocycles. The van der Waals surface area contributed by atoms with Gasteiger partial charge >= 0.3 is 0 Å². The van der Waals surface area contributed by atoms with Gasteiger partial charge in [-0.25, -0.2) is 16.8 Å². The maximum Gasteiger partial charge on any atom is 0.261 e. The quantitative estimate of drug-likeness (QED) is 0.814. The summed E-state index contributed by atoms with van der Waals surface area (Å²) >= 11 is 0. The van der Waals surface area contributed by atoms with E-state index in [2.05, 4.69) is 4.72 Å². The van der Waals surface area contributed by atoms with Crippen molar-refractivity contribution < 1.29 is 16.8 Å². The van der Waals surface area contributed by atoms with Crippen LogP contribution < -0.4 is 4.72 Å². The van der Waals surface area contributed by atoms with Crippen LogP contribution in [-0.4, -0.2) is 22.6 Å². The van der Waals surface area contributed by atoms with Gasteiger partial charge in [-0.3, -0.25) is 4.72 Å². The summed E-state index contributed by atoms with van der Waals surface area (Å²) in [5, 5.41) is 0. The van der Waals surface area contributed by atoms with Gasteiger partial charge in [-0.05, 0) is 36.6 Å². The highest BCUT2D eigenvalue weighted by Crippen LogP contribution is 2.18. The molecule has 0 spiro atoms. The minimum Gasteiger partial charge on any atom is -0.284 e. The molecule has 0 saturated heterocycles. The molecule has 0 heterocycles. The molecule has 108 valence electrons. The summed E-state index contributed by atoms with van der Waals surface area (Å²) in [5.74, 6) is 0.320. The van der Waals surface area contributed by atoms with Crippen LogP contribution in [0.2, 0.25) is 0 Å². The monoisotopic (exact) mass is 325 g/mol. The highest BCUT2D eigenvalue weighted by molar-refractivity contribution is 8.13. The Bertz CT molecular complexity index is 621. The van der Waals surface area contributed by atoms with Gasteiger partial charge in [0.15, 0.2) is 0 Å². The van der Waals surface area contributed by atoms with Gasteiger partial charge in [0.25, 0.3) is 9.05 Å². The van der Waals surface area contributed by atoms with E-state index in [9.17, 15) is 16.8 Å². The molecule has 0 saturated carbocycles. The molecule has 0 fully saturated rings. The number of nitrogens with one attached hydrogen (secondary N) is 1. The summed E-state index contributed by atoms with van der Waals surface area (Å²) in [6.07, 6.45) is 0.559. The van der Waals surface area contributed by atoms with Gasteiger partial charge in [-0.15, -0.1) is 0 Å². The van der Waals surface area contributed by atoms with Crippen molar-refractivity contribution in [1.82, 2.24) is 0 Å². The van der Waals surface area contributed by atoms with Crippen molar-refractivity contribution in [2.75, 3.05) is 10.5 Å². The molecule has 1 aromatic carbocycles. The highest BCUT2D eigenvalue weighted by atomic mass is 35.7. The highest BCUT2D eigenvalue weighted by Gasteiger charge is 2.13. The smallest absolute Gasteiger partial charge is 0.261 e. The van der Waals surface area contributed by atoms with E-state index in [0.717, 1.165) is 0 Å². The van der Waals surface area contributed by atoms with E-state index in [0.29, 0.717) is 18.0 Å². The van der Waals surface area contributed by atoms with Crippen LogP contribution in [0.25, 0.3) is 0 Å². The number of hydrogen-bond acceptors (Lipinski definition) is 4. The van der Waals surface area contributed by atoms with Crippen molar-refractivity contribution in [2.24, 2.45) is 5.92 Å². The molecule has 0 aliphatic rings. The number of benzene rings is 1. The van der Waals surface area contributed by atoms with E-state index < -0.39 is 19.1 Å². The molecule has 5 nitrogen and oxygen atoms in total. The SMILES string of the molecule is CC(C)CCS(=O)(=O)Nc1ccc(S(=O)(=O)Cl)cc1. The average Bonchev–Trinajstić information content (AvgIpc) is 2.25. The lowest BCUT2D eigenvalue weighted by molar-refractivity contribution is 0.578. The van der Waals surface area contributed by atoms with Crippen LogP contribution in [0.15, 0.2) is 29.2 Å². The van der Waals surface area contributed by atoms with Gasteiger partial charge in [0.2, 0.25) is 10.0 Å². The maximum absolute atomic E-state index is 11.7. The molecule has 0 bridgehead atoms. The summed E-state index contributed by atoms with van der Waals surface area (Å²) in [4.78, 5) is -0.0701. The Kier molecular flexibility index (Phi) is 5.23. The Morgan fingerprint density at radius 2 is 1.63 bits per heavy atom. The number of anilines is 1. The van der Waals surface area contributed by atoms with Crippen molar-refractivity contribution in [2.45, 2.75) is 25.2 Å². The van der Waals surface area contributed by atoms with Crippen molar-refractivity contribution in [3.8, 4) is 0 Å². The average molecular weight is 326 g/mol. The number of hydrogen-bond donors (Lipinski definition) is 1. The van der Waals surface area contributed by atoms with E-state index in [-0.39, 0.29) is 10.6 Å². The molecule has 0 aliphatic carbocycles. The van der Waals surface area contributed by atoms with E-state index in [4.69, 9.17) is 10.7 Å². The molecular formula is C11H16ClNO4S2. The van der Waals surface area contributed by atoms with Crippen molar-refractivity contribution in [3.63, 3.8) is 0 Å². The molecule has 0 radical (unpaired) electrons. The minimum atomic E-state index is -3.79. The summed E-state index contributed by atoms with van der Waals surface area (Å²) in [6, 6.07) is 5.23. The lowest BCUT2D eigenvalue weighted by Gasteiger charge is -2.09. The zero-order chi connectivity index (χ0) is 14.7. The van der Waals surface area contributed by atoms with E-state index in [1.807, 2.05) is 13.8 Å². The van der Waals surface area contributed by atoms with E-state index >= 15 is 0 Å². The fraction of sp³-hybridized carbons (Fsp3) is 0.455. The molecule has 8 heteroatoms. The van der Waals surface area contributed by atoms with E-state index in [1.165, 1.54) is 24.3 Å². The third kappa shape index (κ3) is 5.80. The molecule has 19 heavy (non-hydrogen) atoms. The second kappa shape index (κ2) is 6.11. The van der Waals surface area contributed by atoms with Crippen molar-refractivity contribution in [1.29, 1.82) is 0 Å². The predicted octanol–water partition coefficient (Wildman–Crippen LogP) is 2.40. The summed E-state index contributed by atoms with van der Waals surface area (Å²) in [6.45, 7) is 3.88. The standard InChI is InChI=1S/C11H16ClNO4S2/c1-9(2)7-8-18(14,15)13-10-3-5-11(6-4-10)19(12,16)17/h3-6,9,13H,7-8H2,1-2H3. The normalized spacial score (nSPS) is 12.6. The topological polar surface area (TPSA) is 80.3 Å². The van der Waals surface area contributed by atoms with Gasteiger partial charge < -0.3 is 0 Å². The Morgan fingerprint density at radius 1 is 1.11 bits per heavy atom. The van der Waals surface area contributed by atoms with Gasteiger partial charge in [-0.1, -0.05) is 13.8 Å². The van der Waals surface area contributed by atoms with Gasteiger partial charge in [0.1, 0.15) is 0 Å². The molecule has 0 atom stereocenters. The molecule has 0 unspecified atom stereocenters. The third-order valence-electron chi connectivity index (χ3n) is 2.37. The molecule has 1 aromatic rings. The Labute approximate surface area is 118 Å². The first-order valence-electron chi connectivity index (χ1n) is 5.65. The Hall–Kier alpha value is -0.790. The Morgan fingerprint density at radius 3 is 2.05 bits per heavy atom. The molecule has 0 amide bonds. The maximum atomic E-state index is 11.7. The first-order chi connectivity index (χ1) is 8.60. The van der Waals surface area contributed by atoms with Crippen LogP contribution in [0.1, 0.15) is 20.3 Å². The minimum absolute atomic E-state index is 0.0280. The molecule has 1 N–H and O–H groups in total. The van der Waals surface area contributed by atoms with Gasteiger partial charge in [0.05, 0.1) is 10.6 Å². The third-order valence-corrected chi connectivity index (χ3v) is 5.06. The van der Waals surface area contributed by atoms with Crippen molar-refractivity contribution >= 4 is 35.4 Å². The number of sulfonamides is 1. The molecule has 1 rings (SSSR count). The lowest BCUT2D eigenvalue weighted by atomic mass is 10.2. The first-order valence-corrected chi connectivity index (χ1v) is 9.61. The summed E-state index contributed by atoms with van der Waals surface area (Å²) in [5.41, 5.74) is 0.313. The fourth-order valence-corrected chi connectivity index (χ4v) is 3.46. The largest absolute Gasteiger partial charge is 0.284 e. The molecular weight excluding hydrogens is 310 g/mol. The lowest BCUT2D eigenvalue weighted by Crippen LogP contribution is -2.17. The zero-order valence-corrected chi connectivity index (χ0v) is 13.0. The Balaban J connectivity index is 2.78. The van der Waals surface area contributed by atoms with Crippen LogP contribution in [0.3, 0.4) is 0 Å². The van der Waals surface area contributed by atoms with Crippen LogP contribution >= 0.6 is 10.7 Å². The number of rotatable bonds is 6. The first kappa shape index (κ1) is 16.3. The number of halogens is 1. The van der Waals surface area contributed by atoms with Crippen molar-refractivity contribution in [3.05, 3.63) is 24.3 Å². The van der Waals surface area contributed by atoms with Gasteiger partial charge in [-0.2, -0.15) is 0 Å². The van der Waals surface area contributed by atoms with Gasteiger partial charge in [0, 0.05) is 16.4 Å². The van der Waals surface area contributed by atoms with Crippen LogP contribution in [-0.2, 0) is 19.1 Å². The van der Waals surface area contributed by atoms with Crippen LogP contribution in [0.4, 0.5) is 5.69 Å². The summed E-state index contributed by atoms with van der Waals surface area (Å²) in [7, 11) is -2.04. The fourth-order valence-electron chi connectivity index (χ4n) is 1.31. The molecule has 0 aliphatic heterocycles.